The summed E-state index contributed by atoms with van der Waals surface area (Å²) in [6, 6.07) is 7.22. The fraction of sp³-hybridized carbons (Fsp3) is 0.200. The lowest BCUT2D eigenvalue weighted by atomic mass is 9.96. The molecule has 0 aliphatic rings. The molecule has 0 radical (unpaired) electrons. The molecular formula is C15H15F3N2. The minimum atomic E-state index is -0.722. The van der Waals surface area contributed by atoms with Gasteiger partial charge in [0.05, 0.1) is 6.04 Å². The maximum Gasteiger partial charge on any atom is 0.130 e. The van der Waals surface area contributed by atoms with Crippen LogP contribution in [0.25, 0.3) is 0 Å². The zero-order valence-corrected chi connectivity index (χ0v) is 11.0. The first-order chi connectivity index (χ1) is 9.52. The molecule has 3 N–H and O–H groups in total. The number of nitrogens with two attached hydrogens (primary N) is 1. The van der Waals surface area contributed by atoms with E-state index in [2.05, 4.69) is 5.43 Å². The molecule has 0 heterocycles. The first kappa shape index (κ1) is 14.6. The maximum absolute atomic E-state index is 13.8. The molecule has 20 heavy (non-hydrogen) atoms. The van der Waals surface area contributed by atoms with Crippen LogP contribution in [0.15, 0.2) is 36.4 Å². The van der Waals surface area contributed by atoms with E-state index in [0.29, 0.717) is 5.56 Å². The molecule has 0 spiro atoms. The van der Waals surface area contributed by atoms with Crippen LogP contribution in [0.2, 0.25) is 0 Å². The molecule has 1 atom stereocenters. The normalized spacial score (nSPS) is 12.4. The Hall–Kier alpha value is -1.85. The van der Waals surface area contributed by atoms with Crippen LogP contribution in [0.1, 0.15) is 22.7 Å². The van der Waals surface area contributed by atoms with Gasteiger partial charge in [-0.2, -0.15) is 0 Å². The Kier molecular flexibility index (Phi) is 4.42. The van der Waals surface area contributed by atoms with Crippen LogP contribution in [0.3, 0.4) is 0 Å². The number of rotatable bonds is 4. The number of nitrogens with one attached hydrogen (secondary N) is 1. The molecule has 5 heteroatoms. The highest BCUT2D eigenvalue weighted by atomic mass is 19.1. The SMILES string of the molecule is Cc1cc(F)ccc1CC(NN)c1c(F)cccc1F. The lowest BCUT2D eigenvalue weighted by molar-refractivity contribution is 0.472. The third kappa shape index (κ3) is 3.00. The van der Waals surface area contributed by atoms with Gasteiger partial charge in [0.2, 0.25) is 0 Å². The van der Waals surface area contributed by atoms with Crippen molar-refractivity contribution in [1.82, 2.24) is 5.43 Å². The van der Waals surface area contributed by atoms with Gasteiger partial charge in [-0.05, 0) is 48.7 Å². The molecule has 0 aliphatic carbocycles. The van der Waals surface area contributed by atoms with Crippen molar-refractivity contribution in [1.29, 1.82) is 0 Å². The monoisotopic (exact) mass is 280 g/mol. The number of benzene rings is 2. The summed E-state index contributed by atoms with van der Waals surface area (Å²) >= 11 is 0. The summed E-state index contributed by atoms with van der Waals surface area (Å²) in [5, 5.41) is 0. The minimum absolute atomic E-state index is 0.112. The van der Waals surface area contributed by atoms with Gasteiger partial charge in [-0.25, -0.2) is 13.2 Å². The van der Waals surface area contributed by atoms with E-state index in [4.69, 9.17) is 5.84 Å². The minimum Gasteiger partial charge on any atom is -0.271 e. The smallest absolute Gasteiger partial charge is 0.130 e. The molecule has 0 amide bonds. The molecule has 0 saturated heterocycles. The lowest BCUT2D eigenvalue weighted by Gasteiger charge is -2.19. The van der Waals surface area contributed by atoms with Crippen molar-refractivity contribution in [2.24, 2.45) is 5.84 Å². The highest BCUT2D eigenvalue weighted by Gasteiger charge is 2.20. The van der Waals surface area contributed by atoms with E-state index in [1.165, 1.54) is 30.3 Å². The van der Waals surface area contributed by atoms with E-state index in [1.807, 2.05) is 0 Å². The Morgan fingerprint density at radius 1 is 1.10 bits per heavy atom. The molecular weight excluding hydrogens is 265 g/mol. The summed E-state index contributed by atoms with van der Waals surface area (Å²) in [6.07, 6.45) is 0.264. The first-order valence-electron chi connectivity index (χ1n) is 6.18. The summed E-state index contributed by atoms with van der Waals surface area (Å²) in [5.41, 5.74) is 3.79. The van der Waals surface area contributed by atoms with Gasteiger partial charge in [-0.15, -0.1) is 0 Å². The zero-order chi connectivity index (χ0) is 14.7. The average Bonchev–Trinajstić information content (AvgIpc) is 2.39. The third-order valence-corrected chi connectivity index (χ3v) is 3.28. The van der Waals surface area contributed by atoms with Crippen LogP contribution in [0.4, 0.5) is 13.2 Å². The van der Waals surface area contributed by atoms with E-state index in [1.54, 1.807) is 13.0 Å². The second-order valence-electron chi connectivity index (χ2n) is 4.63. The van der Waals surface area contributed by atoms with E-state index < -0.39 is 17.7 Å². The molecule has 0 aromatic heterocycles. The molecule has 0 aliphatic heterocycles. The standard InChI is InChI=1S/C15H15F3N2/c1-9-7-11(16)6-5-10(9)8-14(20-19)15-12(17)3-2-4-13(15)18/h2-7,14,20H,8,19H2,1H3. The van der Waals surface area contributed by atoms with Gasteiger partial charge < -0.3 is 0 Å². The molecule has 0 saturated carbocycles. The number of hydrogen-bond acceptors (Lipinski definition) is 2. The molecule has 106 valence electrons. The Morgan fingerprint density at radius 3 is 2.30 bits per heavy atom. The van der Waals surface area contributed by atoms with Gasteiger partial charge in [0.25, 0.3) is 0 Å². The van der Waals surface area contributed by atoms with Gasteiger partial charge >= 0.3 is 0 Å². The van der Waals surface area contributed by atoms with Crippen LogP contribution < -0.4 is 11.3 Å². The molecule has 2 rings (SSSR count). The van der Waals surface area contributed by atoms with Gasteiger partial charge in [0.1, 0.15) is 17.5 Å². The largest absolute Gasteiger partial charge is 0.271 e. The van der Waals surface area contributed by atoms with Crippen molar-refractivity contribution in [3.8, 4) is 0 Å². The van der Waals surface area contributed by atoms with E-state index in [9.17, 15) is 13.2 Å². The van der Waals surface area contributed by atoms with E-state index in [0.717, 1.165) is 5.56 Å². The van der Waals surface area contributed by atoms with Crippen LogP contribution >= 0.6 is 0 Å². The van der Waals surface area contributed by atoms with Crippen molar-refractivity contribution in [2.75, 3.05) is 0 Å². The second kappa shape index (κ2) is 6.07. The predicted molar refractivity (Wildman–Crippen MR) is 71.3 cm³/mol. The fourth-order valence-electron chi connectivity index (χ4n) is 2.20. The first-order valence-corrected chi connectivity index (χ1v) is 6.18. The summed E-state index contributed by atoms with van der Waals surface area (Å²) in [6.45, 7) is 1.74. The molecule has 2 aromatic rings. The Labute approximate surface area is 115 Å². The topological polar surface area (TPSA) is 38.0 Å². The molecule has 0 fully saturated rings. The lowest BCUT2D eigenvalue weighted by Crippen LogP contribution is -2.31. The second-order valence-corrected chi connectivity index (χ2v) is 4.63. The highest BCUT2D eigenvalue weighted by Crippen LogP contribution is 2.25. The molecule has 2 aromatic carbocycles. The highest BCUT2D eigenvalue weighted by molar-refractivity contribution is 5.31. The molecule has 2 nitrogen and oxygen atoms in total. The van der Waals surface area contributed by atoms with Gasteiger partial charge in [0, 0.05) is 5.56 Å². The zero-order valence-electron chi connectivity index (χ0n) is 11.0. The van der Waals surface area contributed by atoms with Crippen molar-refractivity contribution in [3.05, 3.63) is 70.5 Å². The molecule has 0 bridgehead atoms. The summed E-state index contributed by atoms with van der Waals surface area (Å²) in [4.78, 5) is 0. The van der Waals surface area contributed by atoms with Crippen molar-refractivity contribution in [3.63, 3.8) is 0 Å². The maximum atomic E-state index is 13.8. The third-order valence-electron chi connectivity index (χ3n) is 3.28. The number of hydrazine groups is 1. The van der Waals surface area contributed by atoms with E-state index >= 15 is 0 Å². The van der Waals surface area contributed by atoms with Crippen LogP contribution in [-0.2, 0) is 6.42 Å². The Morgan fingerprint density at radius 2 is 1.75 bits per heavy atom. The van der Waals surface area contributed by atoms with Crippen molar-refractivity contribution >= 4 is 0 Å². The van der Waals surface area contributed by atoms with Crippen LogP contribution in [0, 0.1) is 24.4 Å². The summed E-state index contributed by atoms with van der Waals surface area (Å²) in [5.74, 6) is 3.75. The Balaban J connectivity index is 2.34. The Bertz CT molecular complexity index is 594. The number of hydrogen-bond donors (Lipinski definition) is 2. The molecule has 1 unspecified atom stereocenters. The summed E-state index contributed by atoms with van der Waals surface area (Å²) < 4.78 is 40.6. The fourth-order valence-corrected chi connectivity index (χ4v) is 2.20. The predicted octanol–water partition coefficient (Wildman–Crippen LogP) is 3.16. The van der Waals surface area contributed by atoms with Crippen LogP contribution in [-0.4, -0.2) is 0 Å². The summed E-state index contributed by atoms with van der Waals surface area (Å²) in [7, 11) is 0. The van der Waals surface area contributed by atoms with E-state index in [-0.39, 0.29) is 17.8 Å². The van der Waals surface area contributed by atoms with Crippen molar-refractivity contribution in [2.45, 2.75) is 19.4 Å². The average molecular weight is 280 g/mol. The van der Waals surface area contributed by atoms with Crippen LogP contribution in [0.5, 0.6) is 0 Å². The van der Waals surface area contributed by atoms with Crippen molar-refractivity contribution < 1.29 is 13.2 Å². The number of halogens is 3. The van der Waals surface area contributed by atoms with Gasteiger partial charge in [0.15, 0.2) is 0 Å². The quantitative estimate of drug-likeness (QED) is 0.667. The van der Waals surface area contributed by atoms with Gasteiger partial charge in [-0.3, -0.25) is 11.3 Å². The van der Waals surface area contributed by atoms with Gasteiger partial charge in [-0.1, -0.05) is 12.1 Å². The number of aryl methyl sites for hydroxylation is 1.